The molecule has 0 aliphatic heterocycles. The molecule has 36 heavy (non-hydrogen) atoms. The van der Waals surface area contributed by atoms with Crippen LogP contribution in [0.25, 0.3) is 17.2 Å². The van der Waals surface area contributed by atoms with Crippen LogP contribution >= 0.6 is 11.3 Å². The van der Waals surface area contributed by atoms with E-state index in [-0.39, 0.29) is 23.8 Å². The Balaban J connectivity index is 1.93. The van der Waals surface area contributed by atoms with Gasteiger partial charge in [-0.15, -0.1) is 11.3 Å². The molecule has 0 radical (unpaired) electrons. The number of nitrogens with one attached hydrogen (secondary N) is 1. The van der Waals surface area contributed by atoms with Gasteiger partial charge in [-0.05, 0) is 57.0 Å². The van der Waals surface area contributed by atoms with E-state index in [9.17, 15) is 14.9 Å². The van der Waals surface area contributed by atoms with Crippen LogP contribution in [0.2, 0.25) is 0 Å². The number of benzene rings is 2. The van der Waals surface area contributed by atoms with Gasteiger partial charge in [0.15, 0.2) is 11.5 Å². The van der Waals surface area contributed by atoms with Crippen LogP contribution in [0.15, 0.2) is 53.4 Å². The summed E-state index contributed by atoms with van der Waals surface area (Å²) >= 11 is 1.20. The number of methoxy groups -OCH3 is 1. The number of carbonyl (C=O) groups excluding carboxylic acids is 2. The molecule has 0 unspecified atom stereocenters. The fourth-order valence-corrected chi connectivity index (χ4v) is 4.36. The minimum Gasteiger partial charge on any atom is -0.493 e. The summed E-state index contributed by atoms with van der Waals surface area (Å²) in [6.07, 6.45) is 1.42. The van der Waals surface area contributed by atoms with Crippen molar-refractivity contribution < 1.29 is 23.8 Å². The van der Waals surface area contributed by atoms with Crippen molar-refractivity contribution in [1.82, 2.24) is 0 Å². The van der Waals surface area contributed by atoms with Gasteiger partial charge in [-0.1, -0.05) is 35.9 Å². The van der Waals surface area contributed by atoms with E-state index in [1.165, 1.54) is 24.5 Å². The van der Waals surface area contributed by atoms with Crippen LogP contribution in [0.4, 0.5) is 5.00 Å². The van der Waals surface area contributed by atoms with Crippen molar-refractivity contribution in [2.45, 2.75) is 33.8 Å². The highest BCUT2D eigenvalue weighted by Crippen LogP contribution is 2.37. The number of carbonyl (C=O) groups is 2. The predicted octanol–water partition coefficient (Wildman–Crippen LogP) is 6.24. The number of ether oxygens (including phenoxy) is 3. The number of rotatable bonds is 9. The molecular weight excluding hydrogens is 476 g/mol. The van der Waals surface area contributed by atoms with E-state index >= 15 is 0 Å². The molecule has 0 spiro atoms. The molecule has 186 valence electrons. The third-order valence-corrected chi connectivity index (χ3v) is 5.98. The average molecular weight is 505 g/mol. The quantitative estimate of drug-likeness (QED) is 0.210. The number of anilines is 1. The van der Waals surface area contributed by atoms with Gasteiger partial charge in [0.2, 0.25) is 0 Å². The molecule has 3 aromatic rings. The summed E-state index contributed by atoms with van der Waals surface area (Å²) < 4.78 is 16.4. The van der Waals surface area contributed by atoms with Crippen molar-refractivity contribution >= 4 is 34.3 Å². The monoisotopic (exact) mass is 504 g/mol. The van der Waals surface area contributed by atoms with Gasteiger partial charge in [0.05, 0.1) is 19.8 Å². The van der Waals surface area contributed by atoms with Gasteiger partial charge in [-0.25, -0.2) is 4.79 Å². The van der Waals surface area contributed by atoms with Crippen molar-refractivity contribution in [3.05, 3.63) is 70.1 Å². The minimum atomic E-state index is -0.637. The first-order chi connectivity index (χ1) is 17.3. The molecule has 0 aliphatic carbocycles. The minimum absolute atomic E-state index is 0.0371. The number of amides is 1. The van der Waals surface area contributed by atoms with Crippen molar-refractivity contribution in [2.24, 2.45) is 0 Å². The lowest BCUT2D eigenvalue weighted by Gasteiger charge is -2.14. The fourth-order valence-electron chi connectivity index (χ4n) is 3.41. The standard InChI is InChI=1S/C28H28N2O5S/c1-6-34-28(32)25-22(20-10-7-18(4)8-11-20)16-36-27(25)30-26(31)21(15-29)13-19-9-12-23(35-17(2)3)24(14-19)33-5/h7-14,16-17H,6H2,1-5H3,(H,30,31)/b21-13+. The summed E-state index contributed by atoms with van der Waals surface area (Å²) in [4.78, 5) is 25.8. The molecule has 0 aliphatic rings. The molecule has 0 saturated heterocycles. The first-order valence-electron chi connectivity index (χ1n) is 11.4. The van der Waals surface area contributed by atoms with Gasteiger partial charge in [-0.2, -0.15) is 5.26 Å². The second-order valence-corrected chi connectivity index (χ2v) is 9.02. The van der Waals surface area contributed by atoms with Gasteiger partial charge in [0.1, 0.15) is 22.2 Å². The fraction of sp³-hybridized carbons (Fsp3) is 0.250. The Kier molecular flexibility index (Phi) is 8.87. The Morgan fingerprint density at radius 1 is 1.14 bits per heavy atom. The average Bonchev–Trinajstić information content (AvgIpc) is 3.26. The van der Waals surface area contributed by atoms with E-state index in [4.69, 9.17) is 14.2 Å². The molecule has 1 aromatic heterocycles. The lowest BCUT2D eigenvalue weighted by atomic mass is 10.0. The largest absolute Gasteiger partial charge is 0.493 e. The van der Waals surface area contributed by atoms with Crippen molar-refractivity contribution in [3.63, 3.8) is 0 Å². The summed E-state index contributed by atoms with van der Waals surface area (Å²) in [6.45, 7) is 7.70. The number of thiophene rings is 1. The molecule has 7 nitrogen and oxygen atoms in total. The first kappa shape index (κ1) is 26.5. The van der Waals surface area contributed by atoms with Crippen LogP contribution in [0.5, 0.6) is 11.5 Å². The Morgan fingerprint density at radius 2 is 1.86 bits per heavy atom. The number of nitriles is 1. The van der Waals surface area contributed by atoms with E-state index in [1.807, 2.05) is 51.1 Å². The Labute approximate surface area is 214 Å². The zero-order valence-corrected chi connectivity index (χ0v) is 21.7. The normalized spacial score (nSPS) is 11.1. The van der Waals surface area contributed by atoms with Crippen LogP contribution in [0.1, 0.15) is 42.3 Å². The first-order valence-corrected chi connectivity index (χ1v) is 12.3. The van der Waals surface area contributed by atoms with Crippen molar-refractivity contribution in [1.29, 1.82) is 5.26 Å². The molecule has 0 fully saturated rings. The molecule has 1 heterocycles. The van der Waals surface area contributed by atoms with Crippen LogP contribution < -0.4 is 14.8 Å². The van der Waals surface area contributed by atoms with Gasteiger partial charge in [0.25, 0.3) is 5.91 Å². The van der Waals surface area contributed by atoms with E-state index in [0.29, 0.717) is 27.6 Å². The maximum atomic E-state index is 13.0. The summed E-state index contributed by atoms with van der Waals surface area (Å²) in [6, 6.07) is 14.8. The highest BCUT2D eigenvalue weighted by molar-refractivity contribution is 7.15. The maximum absolute atomic E-state index is 13.0. The van der Waals surface area contributed by atoms with Crippen molar-refractivity contribution in [2.75, 3.05) is 19.0 Å². The van der Waals surface area contributed by atoms with Gasteiger partial charge in [0, 0.05) is 10.9 Å². The number of nitrogens with zero attached hydrogens (tertiary/aromatic N) is 1. The molecule has 0 saturated carbocycles. The third kappa shape index (κ3) is 6.32. The second kappa shape index (κ2) is 12.0. The summed E-state index contributed by atoms with van der Waals surface area (Å²) in [5.74, 6) is -0.130. The highest BCUT2D eigenvalue weighted by Gasteiger charge is 2.24. The molecule has 8 heteroatoms. The number of hydrogen-bond donors (Lipinski definition) is 1. The Morgan fingerprint density at radius 3 is 2.47 bits per heavy atom. The molecule has 2 aromatic carbocycles. The number of aryl methyl sites for hydroxylation is 1. The Bertz CT molecular complexity index is 1320. The summed E-state index contributed by atoms with van der Waals surface area (Å²) in [5, 5.41) is 14.5. The molecule has 1 amide bonds. The third-order valence-electron chi connectivity index (χ3n) is 5.09. The smallest absolute Gasteiger partial charge is 0.341 e. The van der Waals surface area contributed by atoms with Crippen LogP contribution in [-0.2, 0) is 9.53 Å². The summed E-state index contributed by atoms with van der Waals surface area (Å²) in [5.41, 5.74) is 3.29. The second-order valence-electron chi connectivity index (χ2n) is 8.14. The van der Waals surface area contributed by atoms with Crippen LogP contribution in [-0.4, -0.2) is 31.7 Å². The molecule has 0 bridgehead atoms. The molecule has 1 N–H and O–H groups in total. The summed E-state index contributed by atoms with van der Waals surface area (Å²) in [7, 11) is 1.52. The predicted molar refractivity (Wildman–Crippen MR) is 141 cm³/mol. The van der Waals surface area contributed by atoms with Crippen LogP contribution in [0.3, 0.4) is 0 Å². The topological polar surface area (TPSA) is 97.7 Å². The molecule has 3 rings (SSSR count). The molecular formula is C28H28N2O5S. The van der Waals surface area contributed by atoms with Gasteiger partial charge >= 0.3 is 5.97 Å². The SMILES string of the molecule is CCOC(=O)c1c(-c2ccc(C)cc2)csc1NC(=O)/C(C#N)=C/c1ccc(OC(C)C)c(OC)c1. The lowest BCUT2D eigenvalue weighted by molar-refractivity contribution is -0.112. The zero-order valence-electron chi connectivity index (χ0n) is 20.9. The number of hydrogen-bond acceptors (Lipinski definition) is 7. The van der Waals surface area contributed by atoms with E-state index in [0.717, 1.165) is 11.1 Å². The van der Waals surface area contributed by atoms with Gasteiger partial charge in [-0.3, -0.25) is 4.79 Å². The van der Waals surface area contributed by atoms with Gasteiger partial charge < -0.3 is 19.5 Å². The zero-order chi connectivity index (χ0) is 26.2. The van der Waals surface area contributed by atoms with Crippen molar-refractivity contribution in [3.8, 4) is 28.7 Å². The Hall–Kier alpha value is -4.09. The van der Waals surface area contributed by atoms with E-state index in [2.05, 4.69) is 5.32 Å². The van der Waals surface area contributed by atoms with E-state index < -0.39 is 11.9 Å². The highest BCUT2D eigenvalue weighted by atomic mass is 32.1. The molecule has 0 atom stereocenters. The van der Waals surface area contributed by atoms with E-state index in [1.54, 1.807) is 30.5 Å². The number of esters is 1. The lowest BCUT2D eigenvalue weighted by Crippen LogP contribution is -2.16. The van der Waals surface area contributed by atoms with Crippen LogP contribution in [0, 0.1) is 18.3 Å². The maximum Gasteiger partial charge on any atom is 0.341 e.